The molecular weight excluding hydrogens is 978 g/mol. The highest BCUT2D eigenvalue weighted by molar-refractivity contribution is 7.94. The van der Waals surface area contributed by atoms with Gasteiger partial charge in [-0.05, 0) is 78.7 Å². The number of nitrogens with one attached hydrogen (secondary N) is 2. The molecule has 0 radical (unpaired) electrons. The van der Waals surface area contributed by atoms with Crippen molar-refractivity contribution in [2.75, 3.05) is 58.2 Å². The summed E-state index contributed by atoms with van der Waals surface area (Å²) in [6, 6.07) is 16.5. The third-order valence-electron chi connectivity index (χ3n) is 9.07. The van der Waals surface area contributed by atoms with Crippen molar-refractivity contribution in [1.29, 1.82) is 0 Å². The zero-order valence-electron chi connectivity index (χ0n) is 40.1. The SMILES string of the molecule is CC(C)OC(=O)c1cc(-n2c(=O)cc(C(F)(F)F)n(C)c2=O)ccc1Cl.CON(C)C(=O)Nc1ccc(Oc2ccc3c(c2)OC(C)(OC)CC3(C)C)cc1.C[S+](C)C.O=C(O)CNCP(=O)([O-])O. The highest BCUT2D eigenvalue weighted by Gasteiger charge is 2.42. The van der Waals surface area contributed by atoms with Crippen LogP contribution in [0.15, 0.2) is 76.3 Å². The summed E-state index contributed by atoms with van der Waals surface area (Å²) in [4.78, 5) is 80.9. The lowest BCUT2D eigenvalue weighted by molar-refractivity contribution is -0.193. The number of urea groups is 1. The van der Waals surface area contributed by atoms with Crippen LogP contribution >= 0.6 is 19.2 Å². The Morgan fingerprint density at radius 2 is 1.58 bits per heavy atom. The Morgan fingerprint density at radius 1 is 1.00 bits per heavy atom. The molecule has 0 bridgehead atoms. The molecule has 0 fully saturated rings. The largest absolute Gasteiger partial charge is 0.778 e. The highest BCUT2D eigenvalue weighted by atomic mass is 35.5. The van der Waals surface area contributed by atoms with Crippen molar-refractivity contribution in [2.45, 2.75) is 64.5 Å². The number of aliphatic carboxylic acids is 1. The first-order chi connectivity index (χ1) is 31.7. The van der Waals surface area contributed by atoms with Gasteiger partial charge in [0, 0.05) is 57.9 Å². The zero-order chi connectivity index (χ0) is 52.8. The number of benzene rings is 3. The lowest BCUT2D eigenvalue weighted by atomic mass is 9.76. The fourth-order valence-corrected chi connectivity index (χ4v) is 6.63. The average Bonchev–Trinajstić information content (AvgIpc) is 3.21. The van der Waals surface area contributed by atoms with E-state index in [1.165, 1.54) is 26.3 Å². The van der Waals surface area contributed by atoms with Crippen molar-refractivity contribution < 1.29 is 70.8 Å². The first-order valence-corrected chi connectivity index (χ1v) is 24.9. The molecule has 2 amide bonds. The normalized spacial score (nSPS) is 15.5. The third kappa shape index (κ3) is 19.1. The molecule has 19 nitrogen and oxygen atoms in total. The number of hydrogen-bond acceptors (Lipinski definition) is 13. The van der Waals surface area contributed by atoms with Crippen LogP contribution in [0, 0.1) is 0 Å². The van der Waals surface area contributed by atoms with Gasteiger partial charge in [0.1, 0.15) is 30.5 Å². The zero-order valence-corrected chi connectivity index (χ0v) is 42.5. The van der Waals surface area contributed by atoms with Crippen LogP contribution in [0.25, 0.3) is 5.69 Å². The molecule has 25 heteroatoms. The van der Waals surface area contributed by atoms with Crippen LogP contribution in [0.3, 0.4) is 0 Å². The van der Waals surface area contributed by atoms with Gasteiger partial charge in [0.05, 0.1) is 61.1 Å². The van der Waals surface area contributed by atoms with Crippen molar-refractivity contribution in [3.05, 3.63) is 109 Å². The summed E-state index contributed by atoms with van der Waals surface area (Å²) in [5.74, 6) is -0.570. The van der Waals surface area contributed by atoms with Crippen molar-refractivity contribution in [3.63, 3.8) is 0 Å². The predicted octanol–water partition coefficient (Wildman–Crippen LogP) is 6.36. The molecule has 2 heterocycles. The minimum Gasteiger partial charge on any atom is -0.778 e. The van der Waals surface area contributed by atoms with E-state index in [1.54, 1.807) is 45.2 Å². The van der Waals surface area contributed by atoms with E-state index in [9.17, 15) is 46.6 Å². The van der Waals surface area contributed by atoms with Gasteiger partial charge in [-0.3, -0.25) is 24.3 Å². The van der Waals surface area contributed by atoms with E-state index in [-0.39, 0.29) is 27.7 Å². The monoisotopic (exact) mass is 1040 g/mol. The number of esters is 1. The third-order valence-corrected chi connectivity index (χ3v) is 10.0. The summed E-state index contributed by atoms with van der Waals surface area (Å²) in [5.41, 5.74) is -2.32. The molecule has 0 aliphatic carbocycles. The molecule has 5 rings (SSSR count). The summed E-state index contributed by atoms with van der Waals surface area (Å²) < 4.78 is 72.2. The molecule has 4 aromatic rings. The van der Waals surface area contributed by atoms with E-state index in [2.05, 4.69) is 37.9 Å². The van der Waals surface area contributed by atoms with Crippen LogP contribution in [-0.4, -0.2) is 107 Å². The summed E-state index contributed by atoms with van der Waals surface area (Å²) in [6.07, 6.45) is 1.33. The Hall–Kier alpha value is -5.39. The minimum absolute atomic E-state index is 0.0104. The number of carbonyl (C=O) groups is 3. The van der Waals surface area contributed by atoms with Crippen molar-refractivity contribution in [3.8, 4) is 22.9 Å². The first-order valence-electron chi connectivity index (χ1n) is 20.3. The van der Waals surface area contributed by atoms with Crippen LogP contribution in [0.2, 0.25) is 5.02 Å². The van der Waals surface area contributed by atoms with Gasteiger partial charge in [0.15, 0.2) is 0 Å². The maximum absolute atomic E-state index is 12.9. The molecule has 2 unspecified atom stereocenters. The van der Waals surface area contributed by atoms with Gasteiger partial charge in [-0.25, -0.2) is 24.0 Å². The molecular formula is C44H58ClF3N5O14PS. The van der Waals surface area contributed by atoms with E-state index < -0.39 is 67.4 Å². The molecule has 1 aliphatic heterocycles. The van der Waals surface area contributed by atoms with Gasteiger partial charge in [0.25, 0.3) is 5.56 Å². The van der Waals surface area contributed by atoms with Crippen LogP contribution in [0.5, 0.6) is 17.2 Å². The fraction of sp³-hybridized carbons (Fsp3) is 0.432. The second-order valence-electron chi connectivity index (χ2n) is 16.4. The Balaban J connectivity index is 0.000000374. The standard InChI is InChI=1S/C22H28N2O5.C16H14ClF3N2O4.C3H8NO5P.C3H9S/c1-21(2)14-22(3,26-5)29-19-13-17(11-12-18(19)21)28-16-9-7-15(8-10-16)23-20(25)24(4)27-6;1-8(2)26-14(24)10-6-9(4-5-11(10)17)22-13(23)7-12(16(18,19)20)21(3)15(22)25;5-3(6)1-4-2-10(7,8)9;1-4(2)3/h7-13H,14H2,1-6H3,(H,23,25);4-8H,1-3H3;4H,1-2H2,(H,5,6)(H2,7,8,9);1-3H3/q;;;+1/p-1. The quantitative estimate of drug-likeness (QED) is 0.0522. The number of rotatable bonds is 12. The van der Waals surface area contributed by atoms with E-state index in [1.807, 2.05) is 30.4 Å². The molecule has 1 aliphatic rings. The number of fused-ring (bicyclic) bond motifs is 1. The number of anilines is 1. The number of hydroxylamine groups is 2. The number of carboxylic acids is 1. The van der Waals surface area contributed by atoms with Gasteiger partial charge in [0.2, 0.25) is 5.79 Å². The summed E-state index contributed by atoms with van der Waals surface area (Å²) in [6.45, 7) is 9.06. The fourth-order valence-electron chi connectivity index (χ4n) is 6.04. The Labute approximate surface area is 404 Å². The molecule has 69 heavy (non-hydrogen) atoms. The van der Waals surface area contributed by atoms with Gasteiger partial charge in [-0.15, -0.1) is 0 Å². The summed E-state index contributed by atoms with van der Waals surface area (Å²) in [5, 5.41) is 13.8. The van der Waals surface area contributed by atoms with Crippen LogP contribution in [0.4, 0.5) is 23.7 Å². The molecule has 3 aromatic carbocycles. The van der Waals surface area contributed by atoms with E-state index in [4.69, 9.17) is 45.4 Å². The smallest absolute Gasteiger partial charge is 0.431 e. The van der Waals surface area contributed by atoms with Gasteiger partial charge < -0.3 is 43.7 Å². The van der Waals surface area contributed by atoms with Crippen molar-refractivity contribution in [2.24, 2.45) is 7.05 Å². The molecule has 0 saturated heterocycles. The predicted molar refractivity (Wildman–Crippen MR) is 254 cm³/mol. The number of ether oxygens (including phenoxy) is 4. The number of alkyl halides is 3. The number of carbonyl (C=O) groups excluding carboxylic acids is 2. The van der Waals surface area contributed by atoms with Crippen molar-refractivity contribution >= 4 is 53.7 Å². The lowest BCUT2D eigenvalue weighted by Crippen LogP contribution is -2.45. The highest BCUT2D eigenvalue weighted by Crippen LogP contribution is 2.46. The number of hydrogen-bond donors (Lipinski definition) is 4. The van der Waals surface area contributed by atoms with E-state index in [0.29, 0.717) is 43.3 Å². The number of methoxy groups -OCH3 is 1. The number of halogens is 4. The van der Waals surface area contributed by atoms with Crippen LogP contribution in [-0.2, 0) is 53.2 Å². The lowest BCUT2D eigenvalue weighted by Gasteiger charge is -2.43. The molecule has 1 aromatic heterocycles. The van der Waals surface area contributed by atoms with Gasteiger partial charge in [-0.2, -0.15) is 13.2 Å². The summed E-state index contributed by atoms with van der Waals surface area (Å²) in [7, 11) is 1.80. The second kappa shape index (κ2) is 25.5. The number of aromatic nitrogens is 2. The van der Waals surface area contributed by atoms with Gasteiger partial charge >= 0.3 is 29.8 Å². The first kappa shape index (κ1) is 59.7. The Morgan fingerprint density at radius 3 is 2.09 bits per heavy atom. The molecule has 382 valence electrons. The maximum Gasteiger partial charge on any atom is 0.431 e. The molecule has 0 spiro atoms. The molecule has 0 saturated carbocycles. The van der Waals surface area contributed by atoms with E-state index in [0.717, 1.165) is 35.9 Å². The number of amides is 2. The Bertz CT molecular complexity index is 2570. The van der Waals surface area contributed by atoms with Crippen LogP contribution < -0.4 is 36.2 Å². The van der Waals surface area contributed by atoms with Crippen LogP contribution in [0.1, 0.15) is 62.7 Å². The minimum atomic E-state index is -4.86. The summed E-state index contributed by atoms with van der Waals surface area (Å²) >= 11 is 5.94. The van der Waals surface area contributed by atoms with Crippen molar-refractivity contribution in [1.82, 2.24) is 19.5 Å². The average molecular weight is 1040 g/mol. The topological polar surface area (TPSA) is 249 Å². The number of carboxylic acid groups (broad SMARTS) is 1. The maximum atomic E-state index is 12.9. The molecule has 4 N–H and O–H groups in total. The molecule has 2 atom stereocenters. The van der Waals surface area contributed by atoms with E-state index >= 15 is 0 Å². The van der Waals surface area contributed by atoms with Gasteiger partial charge in [-0.1, -0.05) is 31.5 Å². The number of nitrogens with zero attached hydrogens (tertiary/aromatic N) is 3. The second-order valence-corrected chi connectivity index (χ2v) is 20.8. The Kier molecular flexibility index (Phi) is 22.0.